The third-order valence-electron chi connectivity index (χ3n) is 3.07. The normalized spacial score (nSPS) is 19.1. The fourth-order valence-corrected chi connectivity index (χ4v) is 2.58. The van der Waals surface area contributed by atoms with E-state index in [1.807, 2.05) is 30.3 Å². The second-order valence-electron chi connectivity index (χ2n) is 4.33. The quantitative estimate of drug-likeness (QED) is 0.919. The van der Waals surface area contributed by atoms with Crippen LogP contribution >= 0.6 is 15.9 Å². The highest BCUT2D eigenvalue weighted by atomic mass is 79.9. The maximum absolute atomic E-state index is 6.07. The number of furan rings is 1. The molecule has 0 amide bonds. The molecule has 2 aromatic rings. The summed E-state index contributed by atoms with van der Waals surface area (Å²) in [6.07, 6.45) is 2.73. The van der Waals surface area contributed by atoms with Crippen LogP contribution in [0.3, 0.4) is 0 Å². The first-order valence-corrected chi connectivity index (χ1v) is 6.81. The van der Waals surface area contributed by atoms with Gasteiger partial charge in [-0.15, -0.1) is 0 Å². The summed E-state index contributed by atoms with van der Waals surface area (Å²) < 4.78 is 12.6. The van der Waals surface area contributed by atoms with E-state index in [4.69, 9.17) is 9.15 Å². The zero-order chi connectivity index (χ0) is 12.4. The lowest BCUT2D eigenvalue weighted by Crippen LogP contribution is -2.14. The maximum atomic E-state index is 6.07. The Morgan fingerprint density at radius 3 is 3.17 bits per heavy atom. The highest BCUT2D eigenvalue weighted by Crippen LogP contribution is 2.30. The predicted octanol–water partition coefficient (Wildman–Crippen LogP) is 3.66. The number of fused-ring (bicyclic) bond motifs is 1. The molecule has 0 bridgehead atoms. The summed E-state index contributed by atoms with van der Waals surface area (Å²) in [7, 11) is 0. The van der Waals surface area contributed by atoms with E-state index in [1.165, 1.54) is 0 Å². The van der Waals surface area contributed by atoms with Crippen LogP contribution in [0.1, 0.15) is 23.8 Å². The Morgan fingerprint density at radius 1 is 1.33 bits per heavy atom. The zero-order valence-electron chi connectivity index (χ0n) is 9.86. The Bertz CT molecular complexity index is 538. The van der Waals surface area contributed by atoms with Crippen molar-refractivity contribution in [1.82, 2.24) is 5.32 Å². The number of benzene rings is 1. The molecule has 1 aliphatic rings. The molecule has 0 saturated carbocycles. The van der Waals surface area contributed by atoms with E-state index in [0.29, 0.717) is 0 Å². The molecule has 0 radical (unpaired) electrons. The van der Waals surface area contributed by atoms with Crippen LogP contribution in [0.2, 0.25) is 0 Å². The van der Waals surface area contributed by atoms with Gasteiger partial charge in [0.1, 0.15) is 17.6 Å². The Labute approximate surface area is 114 Å². The molecule has 1 unspecified atom stereocenters. The summed E-state index contributed by atoms with van der Waals surface area (Å²) in [5.74, 6) is 1.86. The van der Waals surface area contributed by atoms with Crippen molar-refractivity contribution in [3.05, 3.63) is 52.4 Å². The minimum absolute atomic E-state index is 0.0584. The van der Waals surface area contributed by atoms with Crippen LogP contribution in [0.5, 0.6) is 5.75 Å². The Balaban J connectivity index is 1.85. The molecule has 4 heteroatoms. The predicted molar refractivity (Wildman–Crippen MR) is 72.5 cm³/mol. The second-order valence-corrected chi connectivity index (χ2v) is 5.24. The smallest absolute Gasteiger partial charge is 0.128 e. The van der Waals surface area contributed by atoms with Gasteiger partial charge in [0.15, 0.2) is 0 Å². The molecule has 94 valence electrons. The van der Waals surface area contributed by atoms with E-state index in [1.54, 1.807) is 6.26 Å². The van der Waals surface area contributed by atoms with Crippen molar-refractivity contribution < 1.29 is 9.15 Å². The summed E-state index contributed by atoms with van der Waals surface area (Å²) in [4.78, 5) is 0. The zero-order valence-corrected chi connectivity index (χ0v) is 11.4. The summed E-state index contributed by atoms with van der Waals surface area (Å²) in [5, 5.41) is 3.33. The Morgan fingerprint density at radius 2 is 2.28 bits per heavy atom. The molecule has 0 saturated heterocycles. The van der Waals surface area contributed by atoms with Gasteiger partial charge in [-0.1, -0.05) is 22.0 Å². The fraction of sp³-hybridized carbons (Fsp3) is 0.286. The van der Waals surface area contributed by atoms with Crippen molar-refractivity contribution in [3.8, 4) is 5.75 Å². The average molecular weight is 308 g/mol. The van der Waals surface area contributed by atoms with E-state index in [0.717, 1.165) is 41.1 Å². The summed E-state index contributed by atoms with van der Waals surface area (Å²) in [6.45, 7) is 1.71. The molecule has 1 aromatic heterocycles. The molecule has 1 aromatic carbocycles. The first-order valence-electron chi connectivity index (χ1n) is 6.02. The van der Waals surface area contributed by atoms with Gasteiger partial charge in [0.25, 0.3) is 0 Å². The van der Waals surface area contributed by atoms with E-state index in [2.05, 4.69) is 21.2 Å². The summed E-state index contributed by atoms with van der Waals surface area (Å²) in [6, 6.07) is 9.93. The van der Waals surface area contributed by atoms with Crippen molar-refractivity contribution in [2.24, 2.45) is 0 Å². The lowest BCUT2D eigenvalue weighted by Gasteiger charge is -2.17. The number of halogens is 1. The highest BCUT2D eigenvalue weighted by Gasteiger charge is 2.22. The van der Waals surface area contributed by atoms with Crippen LogP contribution in [0.4, 0.5) is 0 Å². The van der Waals surface area contributed by atoms with Crippen LogP contribution in [0, 0.1) is 0 Å². The number of hydrogen-bond acceptors (Lipinski definition) is 3. The number of hydrogen-bond donors (Lipinski definition) is 1. The van der Waals surface area contributed by atoms with E-state index in [9.17, 15) is 0 Å². The first-order chi connectivity index (χ1) is 8.83. The van der Waals surface area contributed by atoms with E-state index in [-0.39, 0.29) is 6.10 Å². The van der Waals surface area contributed by atoms with Gasteiger partial charge < -0.3 is 14.5 Å². The van der Waals surface area contributed by atoms with Crippen molar-refractivity contribution in [1.29, 1.82) is 0 Å². The van der Waals surface area contributed by atoms with Gasteiger partial charge in [-0.2, -0.15) is 0 Å². The maximum Gasteiger partial charge on any atom is 0.128 e. The fourth-order valence-electron chi connectivity index (χ4n) is 2.20. The SMILES string of the molecule is Brc1cccc(OC2CCNCc3occc32)c1. The Hall–Kier alpha value is -1.26. The number of nitrogens with one attached hydrogen (secondary N) is 1. The van der Waals surface area contributed by atoms with Crippen molar-refractivity contribution in [2.45, 2.75) is 19.1 Å². The van der Waals surface area contributed by atoms with Crippen LogP contribution in [-0.4, -0.2) is 6.54 Å². The van der Waals surface area contributed by atoms with Gasteiger partial charge in [-0.25, -0.2) is 0 Å². The van der Waals surface area contributed by atoms with Gasteiger partial charge in [0, 0.05) is 16.5 Å². The molecule has 3 rings (SSSR count). The molecule has 0 fully saturated rings. The van der Waals surface area contributed by atoms with Gasteiger partial charge in [-0.05, 0) is 30.8 Å². The molecule has 1 N–H and O–H groups in total. The summed E-state index contributed by atoms with van der Waals surface area (Å²) in [5.41, 5.74) is 1.15. The van der Waals surface area contributed by atoms with Crippen LogP contribution in [-0.2, 0) is 6.54 Å². The molecule has 1 aliphatic heterocycles. The van der Waals surface area contributed by atoms with Crippen LogP contribution in [0.15, 0.2) is 45.5 Å². The topological polar surface area (TPSA) is 34.4 Å². The number of rotatable bonds is 2. The van der Waals surface area contributed by atoms with Crippen molar-refractivity contribution in [3.63, 3.8) is 0 Å². The molecule has 1 atom stereocenters. The molecule has 0 aliphatic carbocycles. The lowest BCUT2D eigenvalue weighted by atomic mass is 10.1. The minimum Gasteiger partial charge on any atom is -0.486 e. The average Bonchev–Trinajstić information content (AvgIpc) is 2.74. The van der Waals surface area contributed by atoms with E-state index >= 15 is 0 Å². The monoisotopic (exact) mass is 307 g/mol. The molecule has 3 nitrogen and oxygen atoms in total. The van der Waals surface area contributed by atoms with Crippen molar-refractivity contribution >= 4 is 15.9 Å². The highest BCUT2D eigenvalue weighted by molar-refractivity contribution is 9.10. The first kappa shape index (κ1) is 11.8. The molecule has 18 heavy (non-hydrogen) atoms. The lowest BCUT2D eigenvalue weighted by molar-refractivity contribution is 0.197. The molecule has 0 spiro atoms. The van der Waals surface area contributed by atoms with Gasteiger partial charge >= 0.3 is 0 Å². The minimum atomic E-state index is 0.0584. The summed E-state index contributed by atoms with van der Waals surface area (Å²) >= 11 is 3.46. The van der Waals surface area contributed by atoms with Gasteiger partial charge in [0.2, 0.25) is 0 Å². The molecule has 2 heterocycles. The van der Waals surface area contributed by atoms with Crippen molar-refractivity contribution in [2.75, 3.05) is 6.54 Å². The Kier molecular flexibility index (Phi) is 3.39. The number of ether oxygens (including phenoxy) is 1. The largest absolute Gasteiger partial charge is 0.486 e. The molecular weight excluding hydrogens is 294 g/mol. The van der Waals surface area contributed by atoms with Gasteiger partial charge in [0.05, 0.1) is 12.8 Å². The van der Waals surface area contributed by atoms with Gasteiger partial charge in [-0.3, -0.25) is 0 Å². The molecular formula is C14H14BrNO2. The third kappa shape index (κ3) is 2.44. The van der Waals surface area contributed by atoms with E-state index < -0.39 is 0 Å². The third-order valence-corrected chi connectivity index (χ3v) is 3.56. The second kappa shape index (κ2) is 5.16. The standard InChI is InChI=1S/C14H14BrNO2/c15-10-2-1-3-11(8-10)18-13-4-6-16-9-14-12(13)5-7-17-14/h1-3,5,7-8,13,16H,4,6,9H2. The van der Waals surface area contributed by atoms with Crippen LogP contribution in [0.25, 0.3) is 0 Å². The van der Waals surface area contributed by atoms with Crippen LogP contribution < -0.4 is 10.1 Å².